The van der Waals surface area contributed by atoms with E-state index in [1.54, 1.807) is 6.07 Å². The summed E-state index contributed by atoms with van der Waals surface area (Å²) in [6, 6.07) is 14.8. The predicted molar refractivity (Wildman–Crippen MR) is 147 cm³/mol. The molecule has 2 aromatic carbocycles. The Morgan fingerprint density at radius 3 is 2.65 bits per heavy atom. The molecule has 5 nitrogen and oxygen atoms in total. The third-order valence-electron chi connectivity index (χ3n) is 9.10. The maximum absolute atomic E-state index is 14.4. The zero-order valence-corrected chi connectivity index (χ0v) is 22.3. The fourth-order valence-electron chi connectivity index (χ4n) is 7.05. The second kappa shape index (κ2) is 10.0. The second-order valence-electron chi connectivity index (χ2n) is 11.5. The van der Waals surface area contributed by atoms with Crippen molar-refractivity contribution in [2.75, 3.05) is 24.5 Å². The van der Waals surface area contributed by atoms with Crippen molar-refractivity contribution >= 4 is 29.2 Å². The highest BCUT2D eigenvalue weighted by Gasteiger charge is 2.56. The predicted octanol–water partition coefficient (Wildman–Crippen LogP) is 6.55. The van der Waals surface area contributed by atoms with Gasteiger partial charge in [-0.15, -0.1) is 0 Å². The summed E-state index contributed by atoms with van der Waals surface area (Å²) in [5.74, 6) is 1.36. The molecule has 2 saturated heterocycles. The van der Waals surface area contributed by atoms with Gasteiger partial charge < -0.3 is 9.80 Å². The number of rotatable bonds is 5. The molecule has 0 bridgehead atoms. The number of anilines is 1. The minimum Gasteiger partial charge on any atom is -0.355 e. The number of halogens is 2. The molecule has 37 heavy (non-hydrogen) atoms. The average Bonchev–Trinajstić information content (AvgIpc) is 3.39. The van der Waals surface area contributed by atoms with Crippen molar-refractivity contribution in [1.82, 2.24) is 9.80 Å². The number of urea groups is 1. The fraction of sp³-hybridized carbons (Fsp3) is 0.533. The molecule has 3 fully saturated rings. The molecule has 4 aliphatic rings. The van der Waals surface area contributed by atoms with E-state index in [9.17, 15) is 9.18 Å². The maximum Gasteiger partial charge on any atom is 0.350 e. The molecule has 0 N–H and O–H groups in total. The first-order chi connectivity index (χ1) is 17.9. The SMILES string of the molecule is CC1CC2(CCN1CC1CCC1)C(N1CCCC1Cc1cccc(Cl)c1)=NC(=O)N2c1cccc(F)c1. The zero-order valence-electron chi connectivity index (χ0n) is 21.6. The van der Waals surface area contributed by atoms with Gasteiger partial charge in [-0.05, 0) is 93.7 Å². The lowest BCUT2D eigenvalue weighted by Crippen LogP contribution is -2.64. The third-order valence-corrected chi connectivity index (χ3v) is 9.33. The normalized spacial score (nSPS) is 28.7. The van der Waals surface area contributed by atoms with Crippen molar-refractivity contribution in [3.05, 3.63) is 64.9 Å². The maximum atomic E-state index is 14.4. The summed E-state index contributed by atoms with van der Waals surface area (Å²) in [5, 5.41) is 0.747. The molecule has 6 rings (SSSR count). The number of aliphatic imine (C=N–C) groups is 1. The number of amides is 2. The van der Waals surface area contributed by atoms with E-state index >= 15 is 0 Å². The van der Waals surface area contributed by atoms with Gasteiger partial charge >= 0.3 is 6.03 Å². The fourth-order valence-corrected chi connectivity index (χ4v) is 7.26. The molecule has 0 aromatic heterocycles. The number of carbonyl (C=O) groups excluding carboxylic acids is 1. The summed E-state index contributed by atoms with van der Waals surface area (Å²) in [4.78, 5) is 25.2. The molecule has 196 valence electrons. The smallest absolute Gasteiger partial charge is 0.350 e. The van der Waals surface area contributed by atoms with Crippen molar-refractivity contribution in [2.45, 2.75) is 75.9 Å². The van der Waals surface area contributed by atoms with E-state index < -0.39 is 5.54 Å². The Morgan fingerprint density at radius 2 is 1.92 bits per heavy atom. The van der Waals surface area contributed by atoms with Crippen LogP contribution in [0.4, 0.5) is 14.9 Å². The quantitative estimate of drug-likeness (QED) is 0.447. The van der Waals surface area contributed by atoms with E-state index in [4.69, 9.17) is 16.6 Å². The molecule has 2 amide bonds. The third kappa shape index (κ3) is 4.67. The first-order valence-electron chi connectivity index (χ1n) is 13.9. The first kappa shape index (κ1) is 24.9. The number of hydrogen-bond acceptors (Lipinski definition) is 3. The molecule has 3 aliphatic heterocycles. The van der Waals surface area contributed by atoms with Gasteiger partial charge in [-0.1, -0.05) is 36.2 Å². The lowest BCUT2D eigenvalue weighted by atomic mass is 9.78. The van der Waals surface area contributed by atoms with Gasteiger partial charge in [0.2, 0.25) is 0 Å². The molecule has 3 atom stereocenters. The van der Waals surface area contributed by atoms with E-state index in [0.29, 0.717) is 11.7 Å². The Morgan fingerprint density at radius 1 is 1.08 bits per heavy atom. The Hall–Kier alpha value is -2.44. The van der Waals surface area contributed by atoms with Crippen molar-refractivity contribution in [1.29, 1.82) is 0 Å². The number of amidine groups is 1. The lowest BCUT2D eigenvalue weighted by molar-refractivity contribution is 0.0875. The Labute approximate surface area is 224 Å². The standard InChI is InChI=1S/C30H36ClFN4O/c1-21-19-30(13-15-34(21)20-22-6-2-7-22)28(33-29(37)36(30)27-11-4-10-25(32)18-27)35-14-5-12-26(35)17-23-8-3-9-24(31)16-23/h3-4,8-11,16,18,21-22,26H,2,5-7,12-15,17,19-20H2,1H3. The summed E-state index contributed by atoms with van der Waals surface area (Å²) in [5.41, 5.74) is 1.25. The van der Waals surface area contributed by atoms with Crippen molar-refractivity contribution in [3.8, 4) is 0 Å². The van der Waals surface area contributed by atoms with E-state index in [1.165, 1.54) is 37.0 Å². The summed E-state index contributed by atoms with van der Waals surface area (Å²) in [6.07, 6.45) is 8.61. The second-order valence-corrected chi connectivity index (χ2v) is 11.9. The van der Waals surface area contributed by atoms with Crippen LogP contribution in [0.15, 0.2) is 53.5 Å². The van der Waals surface area contributed by atoms with Crippen LogP contribution >= 0.6 is 11.6 Å². The highest BCUT2D eigenvalue weighted by molar-refractivity contribution is 6.30. The zero-order chi connectivity index (χ0) is 25.6. The van der Waals surface area contributed by atoms with Crippen LogP contribution in [-0.4, -0.2) is 58.9 Å². The van der Waals surface area contributed by atoms with Gasteiger partial charge in [0.05, 0.1) is 0 Å². The Bertz CT molecular complexity index is 1200. The van der Waals surface area contributed by atoms with Gasteiger partial charge in [0.15, 0.2) is 0 Å². The van der Waals surface area contributed by atoms with Crippen LogP contribution in [0.5, 0.6) is 0 Å². The van der Waals surface area contributed by atoms with Crippen LogP contribution in [0.2, 0.25) is 5.02 Å². The van der Waals surface area contributed by atoms with Crippen LogP contribution in [0, 0.1) is 11.7 Å². The van der Waals surface area contributed by atoms with E-state index in [-0.39, 0.29) is 17.9 Å². The number of nitrogens with zero attached hydrogens (tertiary/aromatic N) is 4. The molecule has 0 radical (unpaired) electrons. The summed E-state index contributed by atoms with van der Waals surface area (Å²) in [7, 11) is 0. The summed E-state index contributed by atoms with van der Waals surface area (Å²) in [6.45, 7) is 5.23. The van der Waals surface area contributed by atoms with Gasteiger partial charge in [-0.2, -0.15) is 4.99 Å². The number of likely N-dealkylation sites (tertiary alicyclic amines) is 2. The van der Waals surface area contributed by atoms with Crippen LogP contribution in [0.1, 0.15) is 57.4 Å². The number of carbonyl (C=O) groups is 1. The van der Waals surface area contributed by atoms with Gasteiger partial charge in [0.1, 0.15) is 17.2 Å². The number of piperidine rings is 1. The number of hydrogen-bond donors (Lipinski definition) is 0. The Kier molecular flexibility index (Phi) is 6.74. The molecule has 7 heteroatoms. The molecule has 1 saturated carbocycles. The van der Waals surface area contributed by atoms with Gasteiger partial charge in [0.25, 0.3) is 0 Å². The molecular weight excluding hydrogens is 487 g/mol. The van der Waals surface area contributed by atoms with Crippen molar-refractivity contribution < 1.29 is 9.18 Å². The van der Waals surface area contributed by atoms with E-state index in [2.05, 4.69) is 22.8 Å². The molecule has 3 heterocycles. The van der Waals surface area contributed by atoms with Gasteiger partial charge in [0, 0.05) is 42.4 Å². The molecule has 1 spiro atoms. The summed E-state index contributed by atoms with van der Waals surface area (Å²) >= 11 is 6.29. The number of benzene rings is 2. The monoisotopic (exact) mass is 522 g/mol. The molecular formula is C30H36ClFN4O. The van der Waals surface area contributed by atoms with E-state index in [1.807, 2.05) is 29.2 Å². The Balaban J connectivity index is 1.33. The average molecular weight is 523 g/mol. The highest BCUT2D eigenvalue weighted by atomic mass is 35.5. The molecule has 3 unspecified atom stereocenters. The van der Waals surface area contributed by atoms with Crippen LogP contribution in [0.25, 0.3) is 0 Å². The molecule has 1 aliphatic carbocycles. The first-order valence-corrected chi connectivity index (χ1v) is 14.2. The molecule has 2 aromatic rings. The highest BCUT2D eigenvalue weighted by Crippen LogP contribution is 2.44. The van der Waals surface area contributed by atoms with Crippen LogP contribution in [-0.2, 0) is 6.42 Å². The largest absolute Gasteiger partial charge is 0.355 e. The van der Waals surface area contributed by atoms with Crippen LogP contribution in [0.3, 0.4) is 0 Å². The van der Waals surface area contributed by atoms with Gasteiger partial charge in [-0.3, -0.25) is 4.90 Å². The van der Waals surface area contributed by atoms with Crippen LogP contribution < -0.4 is 4.90 Å². The minimum absolute atomic E-state index is 0.262. The van der Waals surface area contributed by atoms with Crippen molar-refractivity contribution in [2.24, 2.45) is 10.9 Å². The van der Waals surface area contributed by atoms with Gasteiger partial charge in [-0.25, -0.2) is 9.18 Å². The van der Waals surface area contributed by atoms with E-state index in [0.717, 1.165) is 68.5 Å². The minimum atomic E-state index is -0.558. The summed E-state index contributed by atoms with van der Waals surface area (Å²) < 4.78 is 14.4. The van der Waals surface area contributed by atoms with Crippen molar-refractivity contribution in [3.63, 3.8) is 0 Å². The topological polar surface area (TPSA) is 39.1 Å². The lowest BCUT2D eigenvalue weighted by Gasteiger charge is -2.51.